The molecule has 0 aliphatic heterocycles. The van der Waals surface area contributed by atoms with E-state index in [4.69, 9.17) is 0 Å². The van der Waals surface area contributed by atoms with Crippen molar-refractivity contribution < 1.29 is 8.78 Å². The number of rotatable bonds is 1. The van der Waals surface area contributed by atoms with E-state index in [1.807, 2.05) is 0 Å². The fourth-order valence-electron chi connectivity index (χ4n) is 1.23. The highest BCUT2D eigenvalue weighted by molar-refractivity contribution is 5.32. The molecule has 0 bridgehead atoms. The molecule has 0 aliphatic rings. The predicted octanol–water partition coefficient (Wildman–Crippen LogP) is 3.47. The highest BCUT2D eigenvalue weighted by atomic mass is 19.1. The van der Waals surface area contributed by atoms with Crippen LogP contribution >= 0.6 is 0 Å². The molecule has 0 radical (unpaired) electrons. The van der Waals surface area contributed by atoms with Gasteiger partial charge in [-0.15, -0.1) is 0 Å². The summed E-state index contributed by atoms with van der Waals surface area (Å²) < 4.78 is 25.8. The Bertz CT molecular complexity index is 290. The third-order valence-electron chi connectivity index (χ3n) is 1.98. The third kappa shape index (κ3) is 1.63. The van der Waals surface area contributed by atoms with Gasteiger partial charge in [0.05, 0.1) is 0 Å². The Morgan fingerprint density at radius 3 is 2.25 bits per heavy atom. The molecular formula is C10H12F2. The van der Waals surface area contributed by atoms with E-state index in [1.165, 1.54) is 13.0 Å². The maximum Gasteiger partial charge on any atom is 0.126 e. The first-order chi connectivity index (χ1) is 5.52. The van der Waals surface area contributed by atoms with Gasteiger partial charge in [-0.25, -0.2) is 8.78 Å². The van der Waals surface area contributed by atoms with Crippen LogP contribution in [0.1, 0.15) is 29.8 Å². The van der Waals surface area contributed by atoms with Crippen LogP contribution in [-0.2, 0) is 0 Å². The first-order valence-corrected chi connectivity index (χ1v) is 3.93. The van der Waals surface area contributed by atoms with E-state index in [-0.39, 0.29) is 5.82 Å². The van der Waals surface area contributed by atoms with Crippen LogP contribution in [0.4, 0.5) is 8.78 Å². The highest BCUT2D eigenvalue weighted by Crippen LogP contribution is 2.23. The fraction of sp³-hybridized carbons (Fsp3) is 0.400. The number of halogens is 2. The van der Waals surface area contributed by atoms with Crippen LogP contribution in [0.25, 0.3) is 0 Å². The Balaban J connectivity index is 3.23. The number of hydrogen-bond acceptors (Lipinski definition) is 0. The lowest BCUT2D eigenvalue weighted by molar-refractivity contribution is 0.372. The molecule has 0 saturated carbocycles. The topological polar surface area (TPSA) is 0 Å². The summed E-state index contributed by atoms with van der Waals surface area (Å²) >= 11 is 0. The van der Waals surface area contributed by atoms with Crippen molar-refractivity contribution in [3.8, 4) is 0 Å². The summed E-state index contributed by atoms with van der Waals surface area (Å²) in [6.07, 6.45) is -1.02. The van der Waals surface area contributed by atoms with Gasteiger partial charge in [-0.2, -0.15) is 0 Å². The van der Waals surface area contributed by atoms with Gasteiger partial charge in [0.25, 0.3) is 0 Å². The molecule has 1 aromatic rings. The molecule has 0 nitrogen and oxygen atoms in total. The summed E-state index contributed by atoms with van der Waals surface area (Å²) in [4.78, 5) is 0. The molecule has 0 fully saturated rings. The van der Waals surface area contributed by atoms with Crippen molar-refractivity contribution in [3.63, 3.8) is 0 Å². The molecule has 0 aromatic heterocycles. The van der Waals surface area contributed by atoms with Gasteiger partial charge >= 0.3 is 0 Å². The fourth-order valence-corrected chi connectivity index (χ4v) is 1.23. The van der Waals surface area contributed by atoms with Gasteiger partial charge in [-0.1, -0.05) is 6.07 Å². The zero-order chi connectivity index (χ0) is 9.30. The average Bonchev–Trinajstić information content (AvgIpc) is 1.96. The molecule has 1 rings (SSSR count). The number of benzene rings is 1. The lowest BCUT2D eigenvalue weighted by Gasteiger charge is -2.08. The van der Waals surface area contributed by atoms with Crippen molar-refractivity contribution in [1.29, 1.82) is 0 Å². The minimum absolute atomic E-state index is 0.267. The molecular weight excluding hydrogens is 158 g/mol. The molecule has 12 heavy (non-hydrogen) atoms. The normalized spacial score (nSPS) is 13.1. The van der Waals surface area contributed by atoms with Crippen LogP contribution in [0, 0.1) is 19.7 Å². The zero-order valence-corrected chi connectivity index (χ0v) is 7.49. The van der Waals surface area contributed by atoms with Gasteiger partial charge in [-0.3, -0.25) is 0 Å². The summed E-state index contributed by atoms with van der Waals surface area (Å²) in [5.41, 5.74) is 1.75. The van der Waals surface area contributed by atoms with Crippen molar-refractivity contribution in [2.75, 3.05) is 0 Å². The maximum atomic E-state index is 12.9. The third-order valence-corrected chi connectivity index (χ3v) is 1.98. The summed E-state index contributed by atoms with van der Waals surface area (Å²) in [7, 11) is 0. The number of hydrogen-bond donors (Lipinski definition) is 0. The Hall–Kier alpha value is -0.920. The van der Waals surface area contributed by atoms with Crippen LogP contribution in [0.3, 0.4) is 0 Å². The Labute approximate surface area is 71.2 Å². The molecule has 0 N–H and O–H groups in total. The largest absolute Gasteiger partial charge is 0.243 e. The molecule has 2 heteroatoms. The van der Waals surface area contributed by atoms with E-state index in [2.05, 4.69) is 0 Å². The summed E-state index contributed by atoms with van der Waals surface area (Å²) in [6.45, 7) is 4.81. The van der Waals surface area contributed by atoms with Crippen LogP contribution in [0.5, 0.6) is 0 Å². The van der Waals surface area contributed by atoms with Crippen LogP contribution < -0.4 is 0 Å². The first kappa shape index (κ1) is 9.17. The molecule has 0 heterocycles. The Morgan fingerprint density at radius 1 is 1.17 bits per heavy atom. The van der Waals surface area contributed by atoms with Gasteiger partial charge < -0.3 is 0 Å². The van der Waals surface area contributed by atoms with Crippen LogP contribution in [0.15, 0.2) is 12.1 Å². The maximum absolute atomic E-state index is 12.9. The van der Waals surface area contributed by atoms with Gasteiger partial charge in [-0.05, 0) is 43.5 Å². The quantitative estimate of drug-likeness (QED) is 0.605. The Morgan fingerprint density at radius 2 is 1.75 bits per heavy atom. The van der Waals surface area contributed by atoms with Crippen molar-refractivity contribution >= 4 is 0 Å². The van der Waals surface area contributed by atoms with Gasteiger partial charge in [0.1, 0.15) is 12.0 Å². The number of aryl methyl sites for hydroxylation is 2. The molecule has 1 aromatic carbocycles. The van der Waals surface area contributed by atoms with E-state index in [0.29, 0.717) is 16.7 Å². The van der Waals surface area contributed by atoms with Gasteiger partial charge in [0.2, 0.25) is 0 Å². The van der Waals surface area contributed by atoms with Crippen LogP contribution in [0.2, 0.25) is 0 Å². The standard InChI is InChI=1S/C10H12F2/c1-6-5-10(12)7(2)4-9(6)8(3)11/h4-5,8H,1-3H3. The highest BCUT2D eigenvalue weighted by Gasteiger charge is 2.09. The lowest BCUT2D eigenvalue weighted by atomic mass is 10.0. The molecule has 1 atom stereocenters. The number of alkyl halides is 1. The zero-order valence-electron chi connectivity index (χ0n) is 7.49. The summed E-state index contributed by atoms with van der Waals surface area (Å²) in [5, 5.41) is 0. The average molecular weight is 170 g/mol. The Kier molecular flexibility index (Phi) is 2.46. The molecule has 0 amide bonds. The molecule has 0 saturated heterocycles. The second-order valence-electron chi connectivity index (χ2n) is 3.07. The van der Waals surface area contributed by atoms with E-state index < -0.39 is 6.17 Å². The molecule has 0 aliphatic carbocycles. The minimum Gasteiger partial charge on any atom is -0.243 e. The molecule has 66 valence electrons. The molecule has 1 unspecified atom stereocenters. The minimum atomic E-state index is -1.02. The second-order valence-corrected chi connectivity index (χ2v) is 3.07. The van der Waals surface area contributed by atoms with Gasteiger partial charge in [0, 0.05) is 0 Å². The van der Waals surface area contributed by atoms with Gasteiger partial charge in [0.15, 0.2) is 0 Å². The van der Waals surface area contributed by atoms with E-state index >= 15 is 0 Å². The predicted molar refractivity (Wildman–Crippen MR) is 45.4 cm³/mol. The van der Waals surface area contributed by atoms with E-state index in [1.54, 1.807) is 19.9 Å². The van der Waals surface area contributed by atoms with Crippen molar-refractivity contribution in [3.05, 3.63) is 34.6 Å². The van der Waals surface area contributed by atoms with Crippen LogP contribution in [-0.4, -0.2) is 0 Å². The van der Waals surface area contributed by atoms with Crippen molar-refractivity contribution in [2.45, 2.75) is 26.9 Å². The van der Waals surface area contributed by atoms with E-state index in [9.17, 15) is 8.78 Å². The SMILES string of the molecule is Cc1cc(C(C)F)c(C)cc1F. The summed E-state index contributed by atoms with van der Waals surface area (Å²) in [5.74, 6) is -0.267. The molecule has 0 spiro atoms. The van der Waals surface area contributed by atoms with E-state index in [0.717, 1.165) is 0 Å². The van der Waals surface area contributed by atoms with Crippen molar-refractivity contribution in [2.24, 2.45) is 0 Å². The first-order valence-electron chi connectivity index (χ1n) is 3.93. The van der Waals surface area contributed by atoms with Crippen molar-refractivity contribution in [1.82, 2.24) is 0 Å². The second kappa shape index (κ2) is 3.21. The monoisotopic (exact) mass is 170 g/mol. The summed E-state index contributed by atoms with van der Waals surface area (Å²) in [6, 6.07) is 2.94. The lowest BCUT2D eigenvalue weighted by Crippen LogP contribution is -1.94. The smallest absolute Gasteiger partial charge is 0.126 e.